The van der Waals surface area contributed by atoms with E-state index in [-0.39, 0.29) is 12.4 Å². The van der Waals surface area contributed by atoms with Gasteiger partial charge in [-0.1, -0.05) is 39.0 Å². The fourth-order valence-corrected chi connectivity index (χ4v) is 2.47. The molecule has 172 valence electrons. The van der Waals surface area contributed by atoms with Gasteiger partial charge in [-0.2, -0.15) is 26.3 Å². The number of carboxylic acid groups (broad SMARTS) is 1. The summed E-state index contributed by atoms with van der Waals surface area (Å²) in [6, 6.07) is 3.04. The predicted octanol–water partition coefficient (Wildman–Crippen LogP) is 5.36. The van der Waals surface area contributed by atoms with Crippen molar-refractivity contribution in [1.29, 1.82) is 0 Å². The van der Waals surface area contributed by atoms with Crippen LogP contribution in [-0.2, 0) is 0 Å². The lowest BCUT2D eigenvalue weighted by Gasteiger charge is -2.32. The highest BCUT2D eigenvalue weighted by atomic mass is 19.4. The van der Waals surface area contributed by atoms with Crippen molar-refractivity contribution in [2.75, 3.05) is 13.2 Å². The zero-order chi connectivity index (χ0) is 23.0. The molecule has 1 aromatic rings. The molecule has 0 saturated carbocycles. The van der Waals surface area contributed by atoms with Gasteiger partial charge in [-0.05, 0) is 18.6 Å². The van der Waals surface area contributed by atoms with Gasteiger partial charge in [0.1, 0.15) is 23.7 Å². The van der Waals surface area contributed by atoms with E-state index in [0.717, 1.165) is 44.2 Å². The number of hydrogen-bond donors (Lipinski definition) is 2. The number of ether oxygens (including phenoxy) is 2. The van der Waals surface area contributed by atoms with Gasteiger partial charge in [0.25, 0.3) is 5.60 Å². The fourth-order valence-electron chi connectivity index (χ4n) is 2.47. The molecule has 0 aliphatic rings. The number of benzene rings is 1. The Bertz CT molecular complexity index is 673. The molecule has 30 heavy (non-hydrogen) atoms. The van der Waals surface area contributed by atoms with E-state index in [1.807, 2.05) is 0 Å². The van der Waals surface area contributed by atoms with E-state index in [1.54, 1.807) is 0 Å². The highest BCUT2D eigenvalue weighted by molar-refractivity contribution is 5.91. The Kier molecular flexibility index (Phi) is 9.26. The summed E-state index contributed by atoms with van der Waals surface area (Å²) in [4.78, 5) is 11.2. The lowest BCUT2D eigenvalue weighted by Crippen LogP contribution is -2.60. The molecule has 11 heteroatoms. The molecule has 1 aromatic carbocycles. The first-order valence-electron chi connectivity index (χ1n) is 9.32. The minimum absolute atomic E-state index is 0.0196. The first-order valence-corrected chi connectivity index (χ1v) is 9.32. The van der Waals surface area contributed by atoms with Crippen molar-refractivity contribution in [2.45, 2.75) is 63.4 Å². The summed E-state index contributed by atoms with van der Waals surface area (Å²) in [5, 5.41) is 18.2. The molecule has 0 amide bonds. The van der Waals surface area contributed by atoms with E-state index in [9.17, 15) is 31.1 Å². The van der Waals surface area contributed by atoms with Crippen LogP contribution in [0.15, 0.2) is 18.2 Å². The first kappa shape index (κ1) is 25.9. The molecular formula is C19H24F6O5. The molecule has 0 heterocycles. The van der Waals surface area contributed by atoms with Gasteiger partial charge in [0, 0.05) is 6.07 Å². The second-order valence-electron chi connectivity index (χ2n) is 6.72. The maximum absolute atomic E-state index is 12.8. The van der Waals surface area contributed by atoms with Gasteiger partial charge in [0.2, 0.25) is 0 Å². The number of aromatic carboxylic acids is 1. The van der Waals surface area contributed by atoms with Crippen LogP contribution in [0.5, 0.6) is 11.5 Å². The van der Waals surface area contributed by atoms with Crippen LogP contribution in [0.2, 0.25) is 0 Å². The molecule has 0 spiro atoms. The molecule has 0 fully saturated rings. The van der Waals surface area contributed by atoms with Gasteiger partial charge < -0.3 is 19.7 Å². The largest absolute Gasteiger partial charge is 0.493 e. The summed E-state index contributed by atoms with van der Waals surface area (Å²) >= 11 is 0. The average molecular weight is 446 g/mol. The van der Waals surface area contributed by atoms with Crippen LogP contribution < -0.4 is 9.47 Å². The van der Waals surface area contributed by atoms with Crippen LogP contribution in [0.1, 0.15) is 55.8 Å². The number of alkyl halides is 6. The standard InChI is InChI=1S/C19H24F6O5/c1-2-3-4-5-6-7-10-29-13-8-9-14(16(26)27)15(11-13)30-12-17(28,18(20,21)22)19(23,24)25/h8-9,11,28H,2-7,10,12H2,1H3,(H,26,27). The van der Waals surface area contributed by atoms with E-state index in [2.05, 4.69) is 11.7 Å². The highest BCUT2D eigenvalue weighted by Gasteiger charge is 2.71. The zero-order valence-electron chi connectivity index (χ0n) is 16.3. The SMILES string of the molecule is CCCCCCCCOc1ccc(C(=O)O)c(OCC(O)(C(F)(F)F)C(F)(F)F)c1. The minimum atomic E-state index is -6.08. The number of hydrogen-bond acceptors (Lipinski definition) is 4. The summed E-state index contributed by atoms with van der Waals surface area (Å²) < 4.78 is 86.5. The van der Waals surface area contributed by atoms with Crippen LogP contribution in [0.25, 0.3) is 0 Å². The second kappa shape index (κ2) is 10.7. The summed E-state index contributed by atoms with van der Waals surface area (Å²) in [7, 11) is 0. The Hall–Kier alpha value is -2.17. The second-order valence-corrected chi connectivity index (χ2v) is 6.72. The molecule has 5 nitrogen and oxygen atoms in total. The normalized spacial score (nSPS) is 12.7. The average Bonchev–Trinajstić information content (AvgIpc) is 2.63. The Morgan fingerprint density at radius 2 is 1.50 bits per heavy atom. The minimum Gasteiger partial charge on any atom is -0.493 e. The molecule has 0 aliphatic carbocycles. The van der Waals surface area contributed by atoms with Crippen LogP contribution >= 0.6 is 0 Å². The van der Waals surface area contributed by atoms with Gasteiger partial charge in [-0.25, -0.2) is 4.79 Å². The van der Waals surface area contributed by atoms with E-state index in [1.165, 1.54) is 6.07 Å². The Balaban J connectivity index is 2.87. The third-order valence-corrected chi connectivity index (χ3v) is 4.32. The summed E-state index contributed by atoms with van der Waals surface area (Å²) in [5.74, 6) is -2.39. The van der Waals surface area contributed by atoms with Crippen molar-refractivity contribution in [3.05, 3.63) is 23.8 Å². The Morgan fingerprint density at radius 1 is 0.933 bits per heavy atom. The van der Waals surface area contributed by atoms with Crippen LogP contribution in [-0.4, -0.2) is 47.3 Å². The van der Waals surface area contributed by atoms with Gasteiger partial charge in [-0.15, -0.1) is 0 Å². The van der Waals surface area contributed by atoms with Crippen molar-refractivity contribution in [1.82, 2.24) is 0 Å². The molecule has 0 radical (unpaired) electrons. The quantitative estimate of drug-likeness (QED) is 0.334. The number of carboxylic acids is 1. The first-order chi connectivity index (χ1) is 13.8. The van der Waals surface area contributed by atoms with E-state index < -0.39 is 41.8 Å². The molecule has 1 rings (SSSR count). The fraction of sp³-hybridized carbons (Fsp3) is 0.632. The zero-order valence-corrected chi connectivity index (χ0v) is 16.3. The number of aliphatic hydroxyl groups is 1. The molecule has 0 atom stereocenters. The number of carbonyl (C=O) groups is 1. The van der Waals surface area contributed by atoms with Crippen molar-refractivity contribution < 1.29 is 50.8 Å². The topological polar surface area (TPSA) is 76.0 Å². The predicted molar refractivity (Wildman–Crippen MR) is 94.8 cm³/mol. The molecule has 0 saturated heterocycles. The molecule has 0 aromatic heterocycles. The van der Waals surface area contributed by atoms with Gasteiger partial charge in [0.05, 0.1) is 6.61 Å². The highest BCUT2D eigenvalue weighted by Crippen LogP contribution is 2.43. The molecule has 0 bridgehead atoms. The molecule has 0 unspecified atom stereocenters. The van der Waals surface area contributed by atoms with E-state index in [0.29, 0.717) is 6.42 Å². The monoisotopic (exact) mass is 446 g/mol. The summed E-state index contributed by atoms with van der Waals surface area (Å²) in [5.41, 5.74) is -5.83. The number of unbranched alkanes of at least 4 members (excludes halogenated alkanes) is 5. The lowest BCUT2D eigenvalue weighted by atomic mass is 10.0. The van der Waals surface area contributed by atoms with Crippen LogP contribution in [0, 0.1) is 0 Å². The maximum Gasteiger partial charge on any atom is 0.429 e. The van der Waals surface area contributed by atoms with Gasteiger partial charge in [0.15, 0.2) is 0 Å². The van der Waals surface area contributed by atoms with Crippen LogP contribution in [0.3, 0.4) is 0 Å². The molecular weight excluding hydrogens is 422 g/mol. The molecule has 0 aliphatic heterocycles. The van der Waals surface area contributed by atoms with Crippen molar-refractivity contribution in [3.63, 3.8) is 0 Å². The smallest absolute Gasteiger partial charge is 0.429 e. The van der Waals surface area contributed by atoms with Gasteiger partial charge in [-0.3, -0.25) is 0 Å². The van der Waals surface area contributed by atoms with E-state index in [4.69, 9.17) is 14.9 Å². The third-order valence-electron chi connectivity index (χ3n) is 4.32. The summed E-state index contributed by atoms with van der Waals surface area (Å²) in [6.45, 7) is 0.0436. The Morgan fingerprint density at radius 3 is 2.03 bits per heavy atom. The van der Waals surface area contributed by atoms with Gasteiger partial charge >= 0.3 is 18.3 Å². The Labute approximate surface area is 169 Å². The van der Waals surface area contributed by atoms with Crippen LogP contribution in [0.4, 0.5) is 26.3 Å². The number of rotatable bonds is 12. The lowest BCUT2D eigenvalue weighted by molar-refractivity contribution is -0.373. The van der Waals surface area contributed by atoms with Crippen molar-refractivity contribution in [3.8, 4) is 11.5 Å². The van der Waals surface area contributed by atoms with Crippen molar-refractivity contribution in [2.24, 2.45) is 0 Å². The molecule has 2 N–H and O–H groups in total. The van der Waals surface area contributed by atoms with Crippen molar-refractivity contribution >= 4 is 5.97 Å². The maximum atomic E-state index is 12.8. The third kappa shape index (κ3) is 6.96. The number of halogens is 6. The summed E-state index contributed by atoms with van der Waals surface area (Å²) in [6.07, 6.45) is -6.35. The van der Waals surface area contributed by atoms with E-state index >= 15 is 0 Å².